The van der Waals surface area contributed by atoms with Crippen LogP contribution in [0.25, 0.3) is 0 Å². The molecule has 2 heteroatoms. The fourth-order valence-electron chi connectivity index (χ4n) is 1.56. The molecule has 0 saturated carbocycles. The van der Waals surface area contributed by atoms with Crippen LogP contribution in [0.3, 0.4) is 0 Å². The smallest absolute Gasteiger partial charge is 0.149 e. The van der Waals surface area contributed by atoms with Crippen LogP contribution >= 0.6 is 0 Å². The molecule has 1 aromatic rings. The lowest BCUT2D eigenvalue weighted by Crippen LogP contribution is -2.30. The third-order valence-electron chi connectivity index (χ3n) is 2.50. The van der Waals surface area contributed by atoms with Gasteiger partial charge in [-0.3, -0.25) is 4.79 Å². The van der Waals surface area contributed by atoms with Gasteiger partial charge in [-0.05, 0) is 24.8 Å². The van der Waals surface area contributed by atoms with E-state index in [1.807, 2.05) is 25.1 Å². The SMILES string of the molecule is CCCC(=O)[C@H](N)CCc1ccccc1. The van der Waals surface area contributed by atoms with Crippen LogP contribution in [-0.4, -0.2) is 11.8 Å². The lowest BCUT2D eigenvalue weighted by Gasteiger charge is -2.09. The second kappa shape index (κ2) is 6.36. The van der Waals surface area contributed by atoms with Gasteiger partial charge in [0, 0.05) is 6.42 Å². The highest BCUT2D eigenvalue weighted by Gasteiger charge is 2.11. The Bertz CT molecular complexity index is 295. The van der Waals surface area contributed by atoms with Gasteiger partial charge in [0.25, 0.3) is 0 Å². The number of ketones is 1. The van der Waals surface area contributed by atoms with E-state index in [0.29, 0.717) is 6.42 Å². The molecule has 0 amide bonds. The molecule has 15 heavy (non-hydrogen) atoms. The van der Waals surface area contributed by atoms with Gasteiger partial charge < -0.3 is 5.73 Å². The monoisotopic (exact) mass is 205 g/mol. The van der Waals surface area contributed by atoms with E-state index in [1.165, 1.54) is 5.56 Å². The number of carbonyl (C=O) groups is 1. The number of hydrogen-bond donors (Lipinski definition) is 1. The first kappa shape index (κ1) is 11.9. The van der Waals surface area contributed by atoms with Crippen molar-refractivity contribution in [2.45, 2.75) is 38.6 Å². The maximum atomic E-state index is 11.4. The normalized spacial score (nSPS) is 12.4. The Kier molecular flexibility index (Phi) is 5.05. The van der Waals surface area contributed by atoms with Crippen molar-refractivity contribution in [1.82, 2.24) is 0 Å². The van der Waals surface area contributed by atoms with E-state index in [4.69, 9.17) is 5.73 Å². The molecule has 0 heterocycles. The highest BCUT2D eigenvalue weighted by molar-refractivity contribution is 5.83. The quantitative estimate of drug-likeness (QED) is 0.774. The lowest BCUT2D eigenvalue weighted by molar-refractivity contribution is -0.120. The Morgan fingerprint density at radius 3 is 2.60 bits per heavy atom. The summed E-state index contributed by atoms with van der Waals surface area (Å²) < 4.78 is 0. The predicted molar refractivity (Wildman–Crippen MR) is 62.7 cm³/mol. The van der Waals surface area contributed by atoms with Crippen LogP contribution < -0.4 is 5.73 Å². The number of benzene rings is 1. The summed E-state index contributed by atoms with van der Waals surface area (Å²) in [5.74, 6) is 0.188. The molecule has 0 aliphatic carbocycles. The van der Waals surface area contributed by atoms with E-state index < -0.39 is 0 Å². The number of carbonyl (C=O) groups excluding carboxylic acids is 1. The number of hydrogen-bond acceptors (Lipinski definition) is 2. The third-order valence-corrected chi connectivity index (χ3v) is 2.50. The van der Waals surface area contributed by atoms with E-state index in [0.717, 1.165) is 19.3 Å². The molecular weight excluding hydrogens is 186 g/mol. The second-order valence-electron chi connectivity index (χ2n) is 3.85. The standard InChI is InChI=1S/C13H19NO/c1-2-6-13(15)12(14)10-9-11-7-4-3-5-8-11/h3-5,7-8,12H,2,6,9-10,14H2,1H3/t12-/m1/s1. The minimum absolute atomic E-state index is 0.188. The van der Waals surface area contributed by atoms with E-state index >= 15 is 0 Å². The van der Waals surface area contributed by atoms with E-state index in [-0.39, 0.29) is 11.8 Å². The first-order valence-electron chi connectivity index (χ1n) is 5.56. The number of nitrogens with two attached hydrogens (primary N) is 1. The zero-order chi connectivity index (χ0) is 11.1. The summed E-state index contributed by atoms with van der Waals surface area (Å²) in [6.45, 7) is 2.00. The lowest BCUT2D eigenvalue weighted by atomic mass is 10.0. The Balaban J connectivity index is 2.34. The Morgan fingerprint density at radius 2 is 2.00 bits per heavy atom. The van der Waals surface area contributed by atoms with Crippen molar-refractivity contribution in [3.63, 3.8) is 0 Å². The van der Waals surface area contributed by atoms with Crippen molar-refractivity contribution in [2.75, 3.05) is 0 Å². The first-order chi connectivity index (χ1) is 7.24. The number of aryl methyl sites for hydroxylation is 1. The highest BCUT2D eigenvalue weighted by atomic mass is 16.1. The van der Waals surface area contributed by atoms with Crippen LogP contribution in [0.5, 0.6) is 0 Å². The molecule has 0 saturated heterocycles. The van der Waals surface area contributed by atoms with E-state index in [2.05, 4.69) is 12.1 Å². The van der Waals surface area contributed by atoms with Gasteiger partial charge in [-0.15, -0.1) is 0 Å². The van der Waals surface area contributed by atoms with Gasteiger partial charge in [-0.25, -0.2) is 0 Å². The summed E-state index contributed by atoms with van der Waals surface area (Å²) in [4.78, 5) is 11.4. The molecular formula is C13H19NO. The van der Waals surface area contributed by atoms with Crippen LogP contribution in [0.2, 0.25) is 0 Å². The summed E-state index contributed by atoms with van der Waals surface area (Å²) >= 11 is 0. The molecule has 0 bridgehead atoms. The van der Waals surface area contributed by atoms with Gasteiger partial charge in [0.1, 0.15) is 5.78 Å². The molecule has 1 rings (SSSR count). The number of Topliss-reactive ketones (excluding diaryl/α,β-unsaturated/α-hetero) is 1. The molecule has 2 N–H and O–H groups in total. The molecule has 0 unspecified atom stereocenters. The summed E-state index contributed by atoms with van der Waals surface area (Å²) in [6.07, 6.45) is 3.13. The van der Waals surface area contributed by atoms with Gasteiger partial charge in [0.2, 0.25) is 0 Å². The van der Waals surface area contributed by atoms with E-state index in [9.17, 15) is 4.79 Å². The fraction of sp³-hybridized carbons (Fsp3) is 0.462. The topological polar surface area (TPSA) is 43.1 Å². The highest BCUT2D eigenvalue weighted by Crippen LogP contribution is 2.06. The average Bonchev–Trinajstić information content (AvgIpc) is 2.27. The van der Waals surface area contributed by atoms with Crippen LogP contribution in [0, 0.1) is 0 Å². The molecule has 0 aliphatic heterocycles. The van der Waals surface area contributed by atoms with Crippen molar-refractivity contribution in [3.05, 3.63) is 35.9 Å². The third kappa shape index (κ3) is 4.26. The Morgan fingerprint density at radius 1 is 1.33 bits per heavy atom. The van der Waals surface area contributed by atoms with Crippen LogP contribution in [-0.2, 0) is 11.2 Å². The molecule has 0 aliphatic rings. The summed E-state index contributed by atoms with van der Waals surface area (Å²) in [6, 6.07) is 9.86. The number of rotatable bonds is 6. The zero-order valence-electron chi connectivity index (χ0n) is 9.28. The summed E-state index contributed by atoms with van der Waals surface area (Å²) in [5.41, 5.74) is 7.05. The zero-order valence-corrected chi connectivity index (χ0v) is 9.28. The Hall–Kier alpha value is -1.15. The van der Waals surface area contributed by atoms with Crippen LogP contribution in [0.4, 0.5) is 0 Å². The van der Waals surface area contributed by atoms with Gasteiger partial charge >= 0.3 is 0 Å². The molecule has 2 nitrogen and oxygen atoms in total. The second-order valence-corrected chi connectivity index (χ2v) is 3.85. The molecule has 0 radical (unpaired) electrons. The van der Waals surface area contributed by atoms with Gasteiger partial charge in [-0.1, -0.05) is 37.3 Å². The maximum absolute atomic E-state index is 11.4. The molecule has 0 fully saturated rings. The molecule has 0 aromatic heterocycles. The van der Waals surface area contributed by atoms with E-state index in [1.54, 1.807) is 0 Å². The van der Waals surface area contributed by atoms with Gasteiger partial charge in [-0.2, -0.15) is 0 Å². The van der Waals surface area contributed by atoms with Gasteiger partial charge in [0.05, 0.1) is 6.04 Å². The predicted octanol–water partition coefficient (Wildman–Crippen LogP) is 2.32. The Labute approximate surface area is 91.5 Å². The first-order valence-corrected chi connectivity index (χ1v) is 5.56. The van der Waals surface area contributed by atoms with Crippen molar-refractivity contribution in [3.8, 4) is 0 Å². The van der Waals surface area contributed by atoms with Crippen molar-refractivity contribution < 1.29 is 4.79 Å². The van der Waals surface area contributed by atoms with Crippen molar-refractivity contribution in [2.24, 2.45) is 5.73 Å². The average molecular weight is 205 g/mol. The fourth-order valence-corrected chi connectivity index (χ4v) is 1.56. The molecule has 1 aromatic carbocycles. The largest absolute Gasteiger partial charge is 0.321 e. The summed E-state index contributed by atoms with van der Waals surface area (Å²) in [7, 11) is 0. The minimum Gasteiger partial charge on any atom is -0.321 e. The van der Waals surface area contributed by atoms with Crippen molar-refractivity contribution >= 4 is 5.78 Å². The van der Waals surface area contributed by atoms with Crippen LogP contribution in [0.1, 0.15) is 31.7 Å². The minimum atomic E-state index is -0.287. The summed E-state index contributed by atoms with van der Waals surface area (Å²) in [5, 5.41) is 0. The van der Waals surface area contributed by atoms with Crippen LogP contribution in [0.15, 0.2) is 30.3 Å². The van der Waals surface area contributed by atoms with Crippen molar-refractivity contribution in [1.29, 1.82) is 0 Å². The maximum Gasteiger partial charge on any atom is 0.149 e. The molecule has 0 spiro atoms. The van der Waals surface area contributed by atoms with Gasteiger partial charge in [0.15, 0.2) is 0 Å². The molecule has 1 atom stereocenters. The molecule has 82 valence electrons.